The molecule has 0 saturated carbocycles. The Kier molecular flexibility index (Phi) is 4.52. The fraction of sp³-hybridized carbons (Fsp3) is 0.231. The third-order valence-corrected chi connectivity index (χ3v) is 2.85. The number of benzene rings is 1. The summed E-state index contributed by atoms with van der Waals surface area (Å²) in [6.07, 6.45) is 5.99. The van der Waals surface area contributed by atoms with Crippen LogP contribution in [0.15, 0.2) is 36.9 Å². The maximum absolute atomic E-state index is 13.4. The minimum Gasteiger partial charge on any atom is -0.352 e. The van der Waals surface area contributed by atoms with Crippen molar-refractivity contribution in [2.75, 3.05) is 6.54 Å². The SMILES string of the molecule is O=C(NCCCn1ccnc1)c1cc(Cl)ccc1F. The second-order valence-electron chi connectivity index (χ2n) is 4.03. The number of rotatable bonds is 5. The van der Waals surface area contributed by atoms with Crippen molar-refractivity contribution in [1.82, 2.24) is 14.9 Å². The summed E-state index contributed by atoms with van der Waals surface area (Å²) in [6.45, 7) is 1.21. The first-order valence-corrected chi connectivity index (χ1v) is 6.23. The number of aryl methyl sites for hydroxylation is 1. The lowest BCUT2D eigenvalue weighted by Crippen LogP contribution is -2.26. The molecule has 19 heavy (non-hydrogen) atoms. The van der Waals surface area contributed by atoms with Gasteiger partial charge in [-0.25, -0.2) is 9.37 Å². The van der Waals surface area contributed by atoms with Crippen LogP contribution < -0.4 is 5.32 Å². The molecule has 0 bridgehead atoms. The summed E-state index contributed by atoms with van der Waals surface area (Å²) in [4.78, 5) is 15.7. The zero-order valence-electron chi connectivity index (χ0n) is 10.1. The van der Waals surface area contributed by atoms with E-state index in [0.717, 1.165) is 13.0 Å². The maximum Gasteiger partial charge on any atom is 0.254 e. The van der Waals surface area contributed by atoms with E-state index < -0.39 is 11.7 Å². The lowest BCUT2D eigenvalue weighted by molar-refractivity contribution is 0.0948. The van der Waals surface area contributed by atoms with Crippen molar-refractivity contribution in [3.05, 3.63) is 53.3 Å². The molecule has 4 nitrogen and oxygen atoms in total. The molecule has 0 aliphatic heterocycles. The molecule has 1 heterocycles. The van der Waals surface area contributed by atoms with Gasteiger partial charge in [0.25, 0.3) is 5.91 Å². The molecule has 2 aromatic rings. The highest BCUT2D eigenvalue weighted by molar-refractivity contribution is 6.30. The second kappa shape index (κ2) is 6.33. The Morgan fingerprint density at radius 3 is 3.05 bits per heavy atom. The summed E-state index contributed by atoms with van der Waals surface area (Å²) in [5.74, 6) is -1.03. The summed E-state index contributed by atoms with van der Waals surface area (Å²) in [6, 6.07) is 3.91. The predicted molar refractivity (Wildman–Crippen MR) is 70.6 cm³/mol. The van der Waals surface area contributed by atoms with Crippen LogP contribution in [0.4, 0.5) is 4.39 Å². The van der Waals surface area contributed by atoms with Crippen LogP contribution in [-0.2, 0) is 6.54 Å². The molecule has 6 heteroatoms. The molecule has 0 aliphatic rings. The number of nitrogens with one attached hydrogen (secondary N) is 1. The second-order valence-corrected chi connectivity index (χ2v) is 4.47. The zero-order chi connectivity index (χ0) is 13.7. The first-order chi connectivity index (χ1) is 9.16. The zero-order valence-corrected chi connectivity index (χ0v) is 10.9. The Hall–Kier alpha value is -1.88. The number of aromatic nitrogens is 2. The monoisotopic (exact) mass is 281 g/mol. The van der Waals surface area contributed by atoms with Crippen molar-refractivity contribution in [3.8, 4) is 0 Å². The number of nitrogens with zero attached hydrogens (tertiary/aromatic N) is 2. The van der Waals surface area contributed by atoms with Crippen LogP contribution in [0.5, 0.6) is 0 Å². The molecule has 0 fully saturated rings. The number of imidazole rings is 1. The van der Waals surface area contributed by atoms with Crippen molar-refractivity contribution in [2.24, 2.45) is 0 Å². The van der Waals surface area contributed by atoms with Gasteiger partial charge in [-0.15, -0.1) is 0 Å². The molecule has 1 amide bonds. The van der Waals surface area contributed by atoms with Gasteiger partial charge in [-0.2, -0.15) is 0 Å². The average molecular weight is 282 g/mol. The van der Waals surface area contributed by atoms with Crippen LogP contribution >= 0.6 is 11.6 Å². The van der Waals surface area contributed by atoms with E-state index in [1.807, 2.05) is 10.8 Å². The number of halogens is 2. The Balaban J connectivity index is 1.82. The van der Waals surface area contributed by atoms with Gasteiger partial charge in [-0.1, -0.05) is 11.6 Å². The highest BCUT2D eigenvalue weighted by Crippen LogP contribution is 2.14. The van der Waals surface area contributed by atoms with Gasteiger partial charge in [0.15, 0.2) is 0 Å². The standard InChI is InChI=1S/C13H13ClFN3O/c14-10-2-3-12(15)11(8-10)13(19)17-4-1-6-18-7-5-16-9-18/h2-3,5,7-9H,1,4,6H2,(H,17,19). The Morgan fingerprint density at radius 1 is 1.47 bits per heavy atom. The maximum atomic E-state index is 13.4. The molecule has 0 unspecified atom stereocenters. The van der Waals surface area contributed by atoms with E-state index in [-0.39, 0.29) is 5.56 Å². The van der Waals surface area contributed by atoms with Crippen molar-refractivity contribution < 1.29 is 9.18 Å². The van der Waals surface area contributed by atoms with Crippen LogP contribution in [0.2, 0.25) is 5.02 Å². The van der Waals surface area contributed by atoms with Crippen LogP contribution in [-0.4, -0.2) is 22.0 Å². The summed E-state index contributed by atoms with van der Waals surface area (Å²) in [5, 5.41) is 3.00. The Bertz CT molecular complexity index is 557. The van der Waals surface area contributed by atoms with E-state index in [4.69, 9.17) is 11.6 Å². The molecule has 1 aromatic heterocycles. The number of carbonyl (C=O) groups is 1. The minimum atomic E-state index is -0.573. The fourth-order valence-corrected chi connectivity index (χ4v) is 1.82. The van der Waals surface area contributed by atoms with Gasteiger partial charge < -0.3 is 9.88 Å². The molecule has 0 aliphatic carbocycles. The molecule has 0 spiro atoms. The molecule has 1 N–H and O–H groups in total. The first kappa shape index (κ1) is 13.5. The number of hydrogen-bond acceptors (Lipinski definition) is 2. The Morgan fingerprint density at radius 2 is 2.32 bits per heavy atom. The lowest BCUT2D eigenvalue weighted by atomic mass is 10.2. The fourth-order valence-electron chi connectivity index (χ4n) is 1.65. The quantitative estimate of drug-likeness (QED) is 0.856. The number of amides is 1. The van der Waals surface area contributed by atoms with Crippen molar-refractivity contribution in [3.63, 3.8) is 0 Å². The molecule has 0 radical (unpaired) electrons. The lowest BCUT2D eigenvalue weighted by Gasteiger charge is -2.07. The van der Waals surface area contributed by atoms with Crippen LogP contribution in [0.1, 0.15) is 16.8 Å². The highest BCUT2D eigenvalue weighted by Gasteiger charge is 2.11. The third-order valence-electron chi connectivity index (χ3n) is 2.61. The van der Waals surface area contributed by atoms with Crippen molar-refractivity contribution in [2.45, 2.75) is 13.0 Å². The molecule has 100 valence electrons. The van der Waals surface area contributed by atoms with E-state index >= 15 is 0 Å². The summed E-state index contributed by atoms with van der Waals surface area (Å²) in [5.41, 5.74) is -0.0323. The van der Waals surface area contributed by atoms with Gasteiger partial charge in [-0.05, 0) is 24.6 Å². The van der Waals surface area contributed by atoms with Crippen LogP contribution in [0.25, 0.3) is 0 Å². The van der Waals surface area contributed by atoms with Crippen LogP contribution in [0, 0.1) is 5.82 Å². The van der Waals surface area contributed by atoms with E-state index in [9.17, 15) is 9.18 Å². The highest BCUT2D eigenvalue weighted by atomic mass is 35.5. The molecule has 2 rings (SSSR count). The van der Waals surface area contributed by atoms with Gasteiger partial charge in [0.2, 0.25) is 0 Å². The van der Waals surface area contributed by atoms with Crippen molar-refractivity contribution >= 4 is 17.5 Å². The normalized spacial score (nSPS) is 10.4. The number of carbonyl (C=O) groups excluding carboxylic acids is 1. The predicted octanol–water partition coefficient (Wildman–Crippen LogP) is 2.50. The van der Waals surface area contributed by atoms with Gasteiger partial charge in [0.1, 0.15) is 5.82 Å². The summed E-state index contributed by atoms with van der Waals surface area (Å²) >= 11 is 5.73. The van der Waals surface area contributed by atoms with Gasteiger partial charge >= 0.3 is 0 Å². The molecular weight excluding hydrogens is 269 g/mol. The van der Waals surface area contributed by atoms with E-state index in [0.29, 0.717) is 11.6 Å². The third kappa shape index (κ3) is 3.79. The van der Waals surface area contributed by atoms with Crippen molar-refractivity contribution in [1.29, 1.82) is 0 Å². The largest absolute Gasteiger partial charge is 0.352 e. The number of hydrogen-bond donors (Lipinski definition) is 1. The molecule has 0 atom stereocenters. The van der Waals surface area contributed by atoms with E-state index in [1.165, 1.54) is 18.2 Å². The molecular formula is C13H13ClFN3O. The van der Waals surface area contributed by atoms with Gasteiger partial charge in [0.05, 0.1) is 11.9 Å². The smallest absolute Gasteiger partial charge is 0.254 e. The van der Waals surface area contributed by atoms with E-state index in [2.05, 4.69) is 10.3 Å². The summed E-state index contributed by atoms with van der Waals surface area (Å²) in [7, 11) is 0. The molecule has 1 aromatic carbocycles. The van der Waals surface area contributed by atoms with E-state index in [1.54, 1.807) is 12.5 Å². The minimum absolute atomic E-state index is 0.0323. The van der Waals surface area contributed by atoms with Gasteiger partial charge in [0, 0.05) is 30.5 Å². The van der Waals surface area contributed by atoms with Gasteiger partial charge in [-0.3, -0.25) is 4.79 Å². The summed E-state index contributed by atoms with van der Waals surface area (Å²) < 4.78 is 15.3. The average Bonchev–Trinajstić information content (AvgIpc) is 2.90. The topological polar surface area (TPSA) is 46.9 Å². The molecule has 0 saturated heterocycles. The van der Waals surface area contributed by atoms with Crippen LogP contribution in [0.3, 0.4) is 0 Å². The Labute approximate surface area is 115 Å². The first-order valence-electron chi connectivity index (χ1n) is 5.86.